The molecule has 104 valence electrons. The molecule has 0 spiro atoms. The van der Waals surface area contributed by atoms with Crippen LogP contribution in [0.25, 0.3) is 0 Å². The predicted molar refractivity (Wildman–Crippen MR) is 75.5 cm³/mol. The molecular formula is C11H16N4O2S2. The molecule has 0 bridgehead atoms. The molecule has 1 N–H and O–H groups in total. The molecule has 1 aromatic heterocycles. The van der Waals surface area contributed by atoms with Gasteiger partial charge in [0.1, 0.15) is 0 Å². The lowest BCUT2D eigenvalue weighted by Crippen LogP contribution is -2.30. The zero-order chi connectivity index (χ0) is 14.0. The summed E-state index contributed by atoms with van der Waals surface area (Å²) in [5, 5.41) is 11.1. The van der Waals surface area contributed by atoms with Gasteiger partial charge in [-0.25, -0.2) is 0 Å². The van der Waals surface area contributed by atoms with Crippen molar-refractivity contribution in [1.82, 2.24) is 15.5 Å². The summed E-state index contributed by atoms with van der Waals surface area (Å²) in [7, 11) is 1.61. The maximum atomic E-state index is 11.6. The van der Waals surface area contributed by atoms with Crippen molar-refractivity contribution >= 4 is 40.0 Å². The van der Waals surface area contributed by atoms with Crippen molar-refractivity contribution in [3.8, 4) is 0 Å². The second-order valence-corrected chi connectivity index (χ2v) is 6.89. The highest BCUT2D eigenvalue weighted by atomic mass is 32.2. The Kier molecular flexibility index (Phi) is 4.41. The van der Waals surface area contributed by atoms with E-state index in [-0.39, 0.29) is 23.1 Å². The Hall–Kier alpha value is -1.15. The Bertz CT molecular complexity index is 487. The number of carbonyl (C=O) groups is 2. The van der Waals surface area contributed by atoms with E-state index >= 15 is 0 Å². The van der Waals surface area contributed by atoms with Gasteiger partial charge in [-0.1, -0.05) is 23.1 Å². The number of anilines is 1. The van der Waals surface area contributed by atoms with Crippen LogP contribution in [0.15, 0.2) is 4.34 Å². The maximum absolute atomic E-state index is 11.6. The first-order valence-corrected chi connectivity index (χ1v) is 7.74. The van der Waals surface area contributed by atoms with Crippen molar-refractivity contribution < 1.29 is 9.59 Å². The Morgan fingerprint density at radius 1 is 1.47 bits per heavy atom. The zero-order valence-corrected chi connectivity index (χ0v) is 12.7. The van der Waals surface area contributed by atoms with Gasteiger partial charge in [0, 0.05) is 20.0 Å². The fourth-order valence-corrected chi connectivity index (χ4v) is 3.80. The molecule has 0 aromatic carbocycles. The quantitative estimate of drug-likeness (QED) is 0.655. The zero-order valence-electron chi connectivity index (χ0n) is 11.0. The van der Waals surface area contributed by atoms with Crippen LogP contribution >= 0.6 is 23.1 Å². The van der Waals surface area contributed by atoms with E-state index in [1.165, 1.54) is 23.1 Å². The normalized spacial score (nSPS) is 15.9. The van der Waals surface area contributed by atoms with Crippen molar-refractivity contribution in [3.63, 3.8) is 0 Å². The second kappa shape index (κ2) is 5.87. The monoisotopic (exact) mass is 300 g/mol. The predicted octanol–water partition coefficient (Wildman–Crippen LogP) is 1.28. The van der Waals surface area contributed by atoms with Crippen LogP contribution in [0.5, 0.6) is 0 Å². The number of rotatable bonds is 5. The lowest BCUT2D eigenvalue weighted by molar-refractivity contribution is -0.120. The number of amides is 2. The highest BCUT2D eigenvalue weighted by Crippen LogP contribution is 2.36. The molecule has 1 fully saturated rings. The van der Waals surface area contributed by atoms with Crippen molar-refractivity contribution in [2.75, 3.05) is 11.9 Å². The lowest BCUT2D eigenvalue weighted by Gasteiger charge is -2.15. The first-order valence-electron chi connectivity index (χ1n) is 6.04. The Balaban J connectivity index is 2.05. The van der Waals surface area contributed by atoms with E-state index in [4.69, 9.17) is 0 Å². The van der Waals surface area contributed by atoms with Crippen LogP contribution in [0.2, 0.25) is 0 Å². The molecule has 1 unspecified atom stereocenters. The number of thioether (sulfide) groups is 1. The maximum Gasteiger partial charge on any atom is 0.233 e. The van der Waals surface area contributed by atoms with E-state index in [2.05, 4.69) is 15.5 Å². The van der Waals surface area contributed by atoms with Gasteiger partial charge in [-0.2, -0.15) is 0 Å². The molecule has 2 rings (SSSR count). The van der Waals surface area contributed by atoms with Crippen LogP contribution in [0, 0.1) is 0 Å². The van der Waals surface area contributed by atoms with Gasteiger partial charge in [0.15, 0.2) is 4.34 Å². The van der Waals surface area contributed by atoms with Gasteiger partial charge in [-0.05, 0) is 19.8 Å². The van der Waals surface area contributed by atoms with Crippen LogP contribution in [0.4, 0.5) is 5.13 Å². The summed E-state index contributed by atoms with van der Waals surface area (Å²) in [6.07, 6.45) is 2.05. The number of carbonyl (C=O) groups excluding carboxylic acids is 2. The lowest BCUT2D eigenvalue weighted by atomic mass is 10.4. The molecule has 0 aliphatic heterocycles. The summed E-state index contributed by atoms with van der Waals surface area (Å²) in [6.45, 7) is 3.36. The van der Waals surface area contributed by atoms with E-state index in [0.717, 1.165) is 12.8 Å². The molecule has 1 heterocycles. The van der Waals surface area contributed by atoms with Crippen molar-refractivity contribution in [2.45, 2.75) is 42.3 Å². The molecule has 1 atom stereocenters. The van der Waals surface area contributed by atoms with Gasteiger partial charge >= 0.3 is 0 Å². The van der Waals surface area contributed by atoms with E-state index in [0.29, 0.717) is 9.47 Å². The van der Waals surface area contributed by atoms with Crippen LogP contribution in [0.3, 0.4) is 0 Å². The molecule has 1 saturated carbocycles. The summed E-state index contributed by atoms with van der Waals surface area (Å²) < 4.78 is 0.706. The van der Waals surface area contributed by atoms with Crippen LogP contribution < -0.4 is 10.2 Å². The van der Waals surface area contributed by atoms with Crippen LogP contribution in [-0.2, 0) is 9.59 Å². The Morgan fingerprint density at radius 3 is 2.68 bits per heavy atom. The Labute approximate surface area is 120 Å². The minimum absolute atomic E-state index is 0.00505. The highest BCUT2D eigenvalue weighted by molar-refractivity contribution is 8.02. The van der Waals surface area contributed by atoms with E-state index in [1.54, 1.807) is 18.9 Å². The molecule has 19 heavy (non-hydrogen) atoms. The third-order valence-electron chi connectivity index (χ3n) is 2.75. The standard InChI is InChI=1S/C11H16N4O2S2/c1-6(9(17)12-3)18-11-14-13-10(19-11)15(7(2)16)8-4-5-8/h6,8H,4-5H2,1-3H3,(H,12,17). The molecule has 8 heteroatoms. The smallest absolute Gasteiger partial charge is 0.233 e. The summed E-state index contributed by atoms with van der Waals surface area (Å²) in [4.78, 5) is 24.7. The van der Waals surface area contributed by atoms with E-state index in [1.807, 2.05) is 6.92 Å². The van der Waals surface area contributed by atoms with E-state index in [9.17, 15) is 9.59 Å². The van der Waals surface area contributed by atoms with Crippen LogP contribution in [0.1, 0.15) is 26.7 Å². The molecule has 1 aliphatic rings. The number of hydrogen-bond acceptors (Lipinski definition) is 6. The average molecular weight is 300 g/mol. The first kappa shape index (κ1) is 14.3. The van der Waals surface area contributed by atoms with Crippen LogP contribution in [-0.4, -0.2) is 40.4 Å². The van der Waals surface area contributed by atoms with Gasteiger partial charge in [-0.15, -0.1) is 10.2 Å². The number of hydrogen-bond donors (Lipinski definition) is 1. The number of nitrogens with one attached hydrogen (secondary N) is 1. The minimum Gasteiger partial charge on any atom is -0.358 e. The van der Waals surface area contributed by atoms with Gasteiger partial charge in [0.2, 0.25) is 16.9 Å². The molecule has 6 nitrogen and oxygen atoms in total. The summed E-state index contributed by atoms with van der Waals surface area (Å²) in [6, 6.07) is 0.277. The summed E-state index contributed by atoms with van der Waals surface area (Å²) in [5.41, 5.74) is 0. The van der Waals surface area contributed by atoms with Gasteiger partial charge in [-0.3, -0.25) is 14.5 Å². The topological polar surface area (TPSA) is 75.2 Å². The molecule has 2 amide bonds. The first-order chi connectivity index (χ1) is 9.02. The van der Waals surface area contributed by atoms with Gasteiger partial charge < -0.3 is 5.32 Å². The average Bonchev–Trinajstić information content (AvgIpc) is 3.08. The fraction of sp³-hybridized carbons (Fsp3) is 0.636. The molecule has 0 radical (unpaired) electrons. The van der Waals surface area contributed by atoms with Crippen molar-refractivity contribution in [3.05, 3.63) is 0 Å². The molecule has 1 aliphatic carbocycles. The highest BCUT2D eigenvalue weighted by Gasteiger charge is 2.34. The third kappa shape index (κ3) is 3.44. The number of aromatic nitrogens is 2. The molecule has 0 saturated heterocycles. The van der Waals surface area contributed by atoms with Gasteiger partial charge in [0.05, 0.1) is 5.25 Å². The second-order valence-electron chi connectivity index (χ2n) is 4.35. The fourth-order valence-electron chi connectivity index (χ4n) is 1.64. The SMILES string of the molecule is CNC(=O)C(C)Sc1nnc(N(C(C)=O)C2CC2)s1. The van der Waals surface area contributed by atoms with Crippen molar-refractivity contribution in [1.29, 1.82) is 0 Å². The minimum atomic E-state index is -0.225. The number of nitrogens with zero attached hydrogens (tertiary/aromatic N) is 3. The third-order valence-corrected chi connectivity index (χ3v) is 4.85. The Morgan fingerprint density at radius 2 is 2.16 bits per heavy atom. The largest absolute Gasteiger partial charge is 0.358 e. The van der Waals surface area contributed by atoms with Crippen molar-refractivity contribution in [2.24, 2.45) is 0 Å². The molecule has 1 aromatic rings. The molecular weight excluding hydrogens is 284 g/mol. The van der Waals surface area contributed by atoms with E-state index < -0.39 is 0 Å². The summed E-state index contributed by atoms with van der Waals surface area (Å²) in [5.74, 6) is -0.0538. The summed E-state index contributed by atoms with van der Waals surface area (Å²) >= 11 is 2.71. The van der Waals surface area contributed by atoms with Gasteiger partial charge in [0.25, 0.3) is 0 Å².